The Hall–Kier alpha value is -2.38. The van der Waals surface area contributed by atoms with Crippen LogP contribution in [-0.2, 0) is 0 Å². The fourth-order valence-corrected chi connectivity index (χ4v) is 3.39. The summed E-state index contributed by atoms with van der Waals surface area (Å²) in [6, 6.07) is 11.7. The van der Waals surface area contributed by atoms with Gasteiger partial charge in [0.25, 0.3) is 5.91 Å². The van der Waals surface area contributed by atoms with Crippen LogP contribution < -0.4 is 5.32 Å². The molecule has 7 heteroatoms. The number of thioether (sulfide) groups is 1. The van der Waals surface area contributed by atoms with Crippen molar-refractivity contribution in [2.24, 2.45) is 0 Å². The molecule has 3 aromatic rings. The Morgan fingerprint density at radius 3 is 2.92 bits per heavy atom. The van der Waals surface area contributed by atoms with Crippen molar-refractivity contribution in [2.45, 2.75) is 30.5 Å². The van der Waals surface area contributed by atoms with Crippen molar-refractivity contribution in [3.8, 4) is 0 Å². The number of rotatable bonds is 7. The van der Waals surface area contributed by atoms with Gasteiger partial charge in [0, 0.05) is 17.3 Å². The van der Waals surface area contributed by atoms with Crippen molar-refractivity contribution in [3.05, 3.63) is 54.6 Å². The monoisotopic (exact) mass is 356 g/mol. The number of aromatic amines is 1. The summed E-state index contributed by atoms with van der Waals surface area (Å²) < 4.78 is 0. The smallest absolute Gasteiger partial charge is 0.271 e. The van der Waals surface area contributed by atoms with Crippen LogP contribution >= 0.6 is 11.8 Å². The van der Waals surface area contributed by atoms with Crippen LogP contribution in [0.5, 0.6) is 0 Å². The van der Waals surface area contributed by atoms with Gasteiger partial charge in [0.1, 0.15) is 5.69 Å². The Morgan fingerprint density at radius 1 is 1.32 bits per heavy atom. The maximum absolute atomic E-state index is 12.1. The summed E-state index contributed by atoms with van der Waals surface area (Å²) >= 11 is 1.61. The number of amides is 1. The van der Waals surface area contributed by atoms with Gasteiger partial charge in [-0.3, -0.25) is 4.79 Å². The topological polar surface area (TPSA) is 90.9 Å². The van der Waals surface area contributed by atoms with Crippen molar-refractivity contribution in [1.82, 2.24) is 20.3 Å². The molecule has 0 unspecified atom stereocenters. The molecule has 0 aliphatic carbocycles. The van der Waals surface area contributed by atoms with Crippen molar-refractivity contribution in [2.75, 3.05) is 5.75 Å². The molecule has 2 atom stereocenters. The summed E-state index contributed by atoms with van der Waals surface area (Å²) in [5, 5.41) is 14.8. The number of fused-ring (bicyclic) bond motifs is 1. The number of aliphatic hydroxyl groups excluding tert-OH is 1. The van der Waals surface area contributed by atoms with Crippen LogP contribution in [0.1, 0.15) is 23.8 Å². The second-order valence-corrected chi connectivity index (χ2v) is 6.87. The van der Waals surface area contributed by atoms with Crippen LogP contribution in [0.3, 0.4) is 0 Å². The summed E-state index contributed by atoms with van der Waals surface area (Å²) in [5.41, 5.74) is 1.28. The van der Waals surface area contributed by atoms with Crippen LogP contribution in [-0.4, -0.2) is 43.9 Å². The minimum atomic E-state index is -0.645. The minimum absolute atomic E-state index is 0.291. The number of para-hydroxylation sites is 1. The van der Waals surface area contributed by atoms with E-state index in [1.165, 1.54) is 12.5 Å². The summed E-state index contributed by atoms with van der Waals surface area (Å²) in [6.07, 6.45) is 2.97. The Morgan fingerprint density at radius 2 is 2.16 bits per heavy atom. The SMILES string of the molecule is C[C@H](O)[C@@H](CCSc1ccc2ccccc2n1)NC(=O)c1c[nH]cn1. The molecule has 0 spiro atoms. The zero-order valence-electron chi connectivity index (χ0n) is 13.8. The van der Waals surface area contributed by atoms with Crippen LogP contribution in [0.4, 0.5) is 0 Å². The first-order chi connectivity index (χ1) is 12.1. The summed E-state index contributed by atoms with van der Waals surface area (Å²) in [6.45, 7) is 1.68. The molecule has 0 aliphatic heterocycles. The molecule has 0 saturated carbocycles. The molecule has 1 amide bonds. The van der Waals surface area contributed by atoms with Crippen molar-refractivity contribution >= 4 is 28.6 Å². The molecule has 2 aromatic heterocycles. The van der Waals surface area contributed by atoms with E-state index in [1.54, 1.807) is 18.7 Å². The third-order valence-electron chi connectivity index (χ3n) is 3.88. The van der Waals surface area contributed by atoms with Gasteiger partial charge in [0.2, 0.25) is 0 Å². The Kier molecular flexibility index (Phi) is 5.67. The molecule has 130 valence electrons. The van der Waals surface area contributed by atoms with E-state index in [1.807, 2.05) is 30.3 Å². The van der Waals surface area contributed by atoms with Gasteiger partial charge < -0.3 is 15.4 Å². The molecule has 1 aromatic carbocycles. The number of benzene rings is 1. The second-order valence-electron chi connectivity index (χ2n) is 5.75. The molecule has 6 nitrogen and oxygen atoms in total. The van der Waals surface area contributed by atoms with Gasteiger partial charge in [0.05, 0.1) is 29.0 Å². The quantitative estimate of drug-likeness (QED) is 0.566. The number of aliphatic hydroxyl groups is 1. The van der Waals surface area contributed by atoms with Crippen molar-refractivity contribution in [3.63, 3.8) is 0 Å². The third kappa shape index (κ3) is 4.58. The van der Waals surface area contributed by atoms with E-state index in [9.17, 15) is 9.90 Å². The molecule has 0 saturated heterocycles. The normalized spacial score (nSPS) is 13.5. The van der Waals surface area contributed by atoms with Gasteiger partial charge >= 0.3 is 0 Å². The molecule has 0 fully saturated rings. The third-order valence-corrected chi connectivity index (χ3v) is 4.84. The average Bonchev–Trinajstić information content (AvgIpc) is 3.15. The maximum atomic E-state index is 12.1. The number of nitrogens with zero attached hydrogens (tertiary/aromatic N) is 2. The van der Waals surface area contributed by atoms with Crippen LogP contribution in [0.15, 0.2) is 53.9 Å². The number of hydrogen-bond donors (Lipinski definition) is 3. The molecule has 0 radical (unpaired) electrons. The van der Waals surface area contributed by atoms with Gasteiger partial charge in [-0.15, -0.1) is 11.8 Å². The van der Waals surface area contributed by atoms with Crippen molar-refractivity contribution in [1.29, 1.82) is 0 Å². The molecule has 0 bridgehead atoms. The first kappa shape index (κ1) is 17.4. The summed E-state index contributed by atoms with van der Waals surface area (Å²) in [5.74, 6) is 0.447. The number of carbonyl (C=O) groups excluding carboxylic acids is 1. The average molecular weight is 356 g/mol. The van der Waals surface area contributed by atoms with Gasteiger partial charge in [-0.1, -0.05) is 24.3 Å². The lowest BCUT2D eigenvalue weighted by Gasteiger charge is -2.20. The lowest BCUT2D eigenvalue weighted by molar-refractivity contribution is 0.0851. The Labute approximate surface area is 150 Å². The minimum Gasteiger partial charge on any atom is -0.391 e. The molecule has 2 heterocycles. The van der Waals surface area contributed by atoms with Crippen LogP contribution in [0.2, 0.25) is 0 Å². The predicted molar refractivity (Wildman–Crippen MR) is 98.6 cm³/mol. The number of H-pyrrole nitrogens is 1. The van der Waals surface area contributed by atoms with Crippen molar-refractivity contribution < 1.29 is 9.90 Å². The first-order valence-corrected chi connectivity index (χ1v) is 9.08. The zero-order chi connectivity index (χ0) is 17.6. The van der Waals surface area contributed by atoms with E-state index < -0.39 is 6.10 Å². The fourth-order valence-electron chi connectivity index (χ4n) is 2.48. The number of imidazole rings is 1. The molecule has 0 aliphatic rings. The number of aromatic nitrogens is 3. The summed E-state index contributed by atoms with van der Waals surface area (Å²) in [7, 11) is 0. The summed E-state index contributed by atoms with van der Waals surface area (Å²) in [4.78, 5) is 23.4. The van der Waals surface area contributed by atoms with E-state index in [4.69, 9.17) is 0 Å². The largest absolute Gasteiger partial charge is 0.391 e. The maximum Gasteiger partial charge on any atom is 0.271 e. The number of nitrogens with one attached hydrogen (secondary N) is 2. The molecule has 3 rings (SSSR count). The fraction of sp³-hybridized carbons (Fsp3) is 0.278. The predicted octanol–water partition coefficient (Wildman–Crippen LogP) is 2.62. The number of pyridine rings is 1. The second kappa shape index (κ2) is 8.13. The highest BCUT2D eigenvalue weighted by Crippen LogP contribution is 2.21. The lowest BCUT2D eigenvalue weighted by Crippen LogP contribution is -2.42. The lowest BCUT2D eigenvalue weighted by atomic mass is 10.1. The highest BCUT2D eigenvalue weighted by Gasteiger charge is 2.19. The molecular weight excluding hydrogens is 336 g/mol. The molecule has 25 heavy (non-hydrogen) atoms. The van der Waals surface area contributed by atoms with Gasteiger partial charge in [0.15, 0.2) is 0 Å². The number of hydrogen-bond acceptors (Lipinski definition) is 5. The standard InChI is InChI=1S/C18H20N4O2S/c1-12(23)14(22-18(24)16-10-19-11-20-16)8-9-25-17-7-6-13-4-2-3-5-15(13)21-17/h2-7,10-12,14,23H,8-9H2,1H3,(H,19,20)(H,22,24)/t12-,14+/m0/s1. The van der Waals surface area contributed by atoms with E-state index in [2.05, 4.69) is 26.3 Å². The van der Waals surface area contributed by atoms with E-state index in [0.29, 0.717) is 12.1 Å². The first-order valence-electron chi connectivity index (χ1n) is 8.10. The Bertz CT molecular complexity index is 836. The van der Waals surface area contributed by atoms with Crippen LogP contribution in [0, 0.1) is 0 Å². The van der Waals surface area contributed by atoms with Gasteiger partial charge in [-0.05, 0) is 25.5 Å². The highest BCUT2D eigenvalue weighted by atomic mass is 32.2. The van der Waals surface area contributed by atoms with Crippen LogP contribution in [0.25, 0.3) is 10.9 Å². The van der Waals surface area contributed by atoms with E-state index in [-0.39, 0.29) is 11.9 Å². The molecule has 3 N–H and O–H groups in total. The molecular formula is C18H20N4O2S. The van der Waals surface area contributed by atoms with Gasteiger partial charge in [-0.25, -0.2) is 9.97 Å². The number of carbonyl (C=O) groups is 1. The van der Waals surface area contributed by atoms with E-state index in [0.717, 1.165) is 21.7 Å². The van der Waals surface area contributed by atoms with E-state index >= 15 is 0 Å². The van der Waals surface area contributed by atoms with Gasteiger partial charge in [-0.2, -0.15) is 0 Å². The zero-order valence-corrected chi connectivity index (χ0v) is 14.7. The highest BCUT2D eigenvalue weighted by molar-refractivity contribution is 7.99. The Balaban J connectivity index is 1.56.